The highest BCUT2D eigenvalue weighted by Crippen LogP contribution is 2.12. The van der Waals surface area contributed by atoms with Gasteiger partial charge >= 0.3 is 0 Å². The molecule has 20 heavy (non-hydrogen) atoms. The van der Waals surface area contributed by atoms with E-state index in [1.807, 2.05) is 12.1 Å². The van der Waals surface area contributed by atoms with Crippen molar-refractivity contribution in [3.05, 3.63) is 29.8 Å². The molecule has 1 unspecified atom stereocenters. The second-order valence-electron chi connectivity index (χ2n) is 5.04. The molecular formula is C16H22N2O2. The highest BCUT2D eigenvalue weighted by Gasteiger charge is 2.18. The quantitative estimate of drug-likeness (QED) is 0.747. The van der Waals surface area contributed by atoms with Gasteiger partial charge in [-0.1, -0.05) is 6.92 Å². The van der Waals surface area contributed by atoms with Crippen LogP contribution in [0.2, 0.25) is 0 Å². The van der Waals surface area contributed by atoms with Crippen LogP contribution in [0.15, 0.2) is 24.3 Å². The molecule has 0 amide bonds. The van der Waals surface area contributed by atoms with Crippen molar-refractivity contribution in [1.29, 1.82) is 5.26 Å². The summed E-state index contributed by atoms with van der Waals surface area (Å²) in [7, 11) is 0. The van der Waals surface area contributed by atoms with Gasteiger partial charge in [-0.2, -0.15) is 5.26 Å². The molecule has 0 saturated carbocycles. The molecule has 1 aliphatic rings. The predicted octanol–water partition coefficient (Wildman–Crippen LogP) is 2.44. The number of hydrogen-bond acceptors (Lipinski definition) is 4. The van der Waals surface area contributed by atoms with Gasteiger partial charge in [0.15, 0.2) is 0 Å². The van der Waals surface area contributed by atoms with Crippen LogP contribution in [0.1, 0.15) is 25.3 Å². The second kappa shape index (κ2) is 7.88. The average molecular weight is 274 g/mol. The number of hydrogen-bond donors (Lipinski definition) is 0. The van der Waals surface area contributed by atoms with Gasteiger partial charge in [-0.05, 0) is 37.1 Å². The van der Waals surface area contributed by atoms with Crippen molar-refractivity contribution < 1.29 is 9.47 Å². The molecule has 0 bridgehead atoms. The lowest BCUT2D eigenvalue weighted by molar-refractivity contribution is -0.0306. The summed E-state index contributed by atoms with van der Waals surface area (Å²) < 4.78 is 11.3. The molecule has 0 aliphatic carbocycles. The maximum absolute atomic E-state index is 8.72. The summed E-state index contributed by atoms with van der Waals surface area (Å²) in [6.45, 7) is 6.83. The van der Waals surface area contributed by atoms with Gasteiger partial charge in [-0.15, -0.1) is 0 Å². The number of morpholine rings is 1. The third-order valence-corrected chi connectivity index (χ3v) is 3.55. The molecule has 0 N–H and O–H groups in total. The minimum Gasteiger partial charge on any atom is -0.494 e. The first kappa shape index (κ1) is 14.8. The zero-order valence-corrected chi connectivity index (χ0v) is 12.0. The standard InChI is InChI=1S/C16H22N2O2/c1-2-15-13-18(9-11-20-15)8-3-10-19-16-6-4-14(12-17)5-7-16/h4-7,15H,2-3,8-11,13H2,1H3. The number of rotatable bonds is 6. The summed E-state index contributed by atoms with van der Waals surface area (Å²) in [5.74, 6) is 0.831. The Morgan fingerprint density at radius 3 is 2.90 bits per heavy atom. The molecule has 1 saturated heterocycles. The van der Waals surface area contributed by atoms with Gasteiger partial charge < -0.3 is 9.47 Å². The molecule has 0 radical (unpaired) electrons. The zero-order valence-electron chi connectivity index (χ0n) is 12.0. The monoisotopic (exact) mass is 274 g/mol. The molecule has 0 spiro atoms. The van der Waals surface area contributed by atoms with Crippen LogP contribution in [-0.2, 0) is 4.74 Å². The van der Waals surface area contributed by atoms with Gasteiger partial charge in [0.2, 0.25) is 0 Å². The van der Waals surface area contributed by atoms with Crippen LogP contribution >= 0.6 is 0 Å². The van der Waals surface area contributed by atoms with Crippen molar-refractivity contribution in [3.8, 4) is 11.8 Å². The van der Waals surface area contributed by atoms with Crippen molar-refractivity contribution in [3.63, 3.8) is 0 Å². The third-order valence-electron chi connectivity index (χ3n) is 3.55. The molecule has 1 aromatic rings. The van der Waals surface area contributed by atoms with Crippen LogP contribution in [0.5, 0.6) is 5.75 Å². The number of nitrogens with zero attached hydrogens (tertiary/aromatic N) is 2. The number of nitriles is 1. The van der Waals surface area contributed by atoms with Gasteiger partial charge in [0.25, 0.3) is 0 Å². The van der Waals surface area contributed by atoms with Crippen molar-refractivity contribution in [1.82, 2.24) is 4.90 Å². The van der Waals surface area contributed by atoms with Gasteiger partial charge in [0.05, 0.1) is 31.0 Å². The highest BCUT2D eigenvalue weighted by molar-refractivity contribution is 5.34. The average Bonchev–Trinajstić information content (AvgIpc) is 2.52. The van der Waals surface area contributed by atoms with E-state index in [4.69, 9.17) is 14.7 Å². The van der Waals surface area contributed by atoms with E-state index in [0.29, 0.717) is 18.3 Å². The molecular weight excluding hydrogens is 252 g/mol. The molecule has 1 fully saturated rings. The zero-order chi connectivity index (χ0) is 14.2. The smallest absolute Gasteiger partial charge is 0.119 e. The minimum atomic E-state index is 0.392. The summed E-state index contributed by atoms with van der Waals surface area (Å²) in [6.07, 6.45) is 2.48. The van der Waals surface area contributed by atoms with Gasteiger partial charge in [0.1, 0.15) is 5.75 Å². The Hall–Kier alpha value is -1.57. The van der Waals surface area contributed by atoms with E-state index in [-0.39, 0.29) is 0 Å². The fourth-order valence-electron chi connectivity index (χ4n) is 2.33. The fourth-order valence-corrected chi connectivity index (χ4v) is 2.33. The molecule has 1 heterocycles. The highest BCUT2D eigenvalue weighted by atomic mass is 16.5. The summed E-state index contributed by atoms with van der Waals surface area (Å²) in [6, 6.07) is 9.36. The summed E-state index contributed by atoms with van der Waals surface area (Å²) in [5, 5.41) is 8.72. The topological polar surface area (TPSA) is 45.5 Å². The molecule has 2 rings (SSSR count). The largest absolute Gasteiger partial charge is 0.494 e. The first-order chi connectivity index (χ1) is 9.81. The van der Waals surface area contributed by atoms with Crippen LogP contribution in [0.3, 0.4) is 0 Å². The molecule has 4 nitrogen and oxygen atoms in total. The molecule has 1 aromatic carbocycles. The first-order valence-electron chi connectivity index (χ1n) is 7.28. The predicted molar refractivity (Wildman–Crippen MR) is 77.7 cm³/mol. The third kappa shape index (κ3) is 4.52. The van der Waals surface area contributed by atoms with E-state index in [0.717, 1.165) is 44.8 Å². The van der Waals surface area contributed by atoms with E-state index < -0.39 is 0 Å². The van der Waals surface area contributed by atoms with E-state index in [1.54, 1.807) is 12.1 Å². The molecule has 1 aliphatic heterocycles. The molecule has 1 atom stereocenters. The van der Waals surface area contributed by atoms with Crippen LogP contribution in [0.25, 0.3) is 0 Å². The lowest BCUT2D eigenvalue weighted by Gasteiger charge is -2.32. The van der Waals surface area contributed by atoms with E-state index in [1.165, 1.54) is 0 Å². The Kier molecular flexibility index (Phi) is 5.85. The number of ether oxygens (including phenoxy) is 2. The van der Waals surface area contributed by atoms with E-state index in [9.17, 15) is 0 Å². The first-order valence-corrected chi connectivity index (χ1v) is 7.28. The molecule has 108 valence electrons. The SMILES string of the molecule is CCC1CN(CCCOc2ccc(C#N)cc2)CCO1. The summed E-state index contributed by atoms with van der Waals surface area (Å²) in [4.78, 5) is 2.44. The Morgan fingerprint density at radius 2 is 2.20 bits per heavy atom. The van der Waals surface area contributed by atoms with Crippen LogP contribution in [0.4, 0.5) is 0 Å². The van der Waals surface area contributed by atoms with Crippen LogP contribution < -0.4 is 4.74 Å². The Balaban J connectivity index is 1.64. The fraction of sp³-hybridized carbons (Fsp3) is 0.562. The second-order valence-corrected chi connectivity index (χ2v) is 5.04. The lowest BCUT2D eigenvalue weighted by Crippen LogP contribution is -2.42. The minimum absolute atomic E-state index is 0.392. The van der Waals surface area contributed by atoms with Crippen molar-refractivity contribution in [2.75, 3.05) is 32.8 Å². The molecule has 4 heteroatoms. The van der Waals surface area contributed by atoms with Crippen molar-refractivity contribution in [2.24, 2.45) is 0 Å². The lowest BCUT2D eigenvalue weighted by atomic mass is 10.2. The van der Waals surface area contributed by atoms with Crippen LogP contribution in [-0.4, -0.2) is 43.9 Å². The Bertz CT molecular complexity index is 439. The van der Waals surface area contributed by atoms with Gasteiger partial charge in [-0.3, -0.25) is 4.90 Å². The Morgan fingerprint density at radius 1 is 1.40 bits per heavy atom. The van der Waals surface area contributed by atoms with Gasteiger partial charge in [0, 0.05) is 19.6 Å². The Labute approximate surface area is 120 Å². The van der Waals surface area contributed by atoms with Crippen molar-refractivity contribution in [2.45, 2.75) is 25.9 Å². The number of benzene rings is 1. The van der Waals surface area contributed by atoms with E-state index in [2.05, 4.69) is 17.9 Å². The normalized spacial score (nSPS) is 19.5. The van der Waals surface area contributed by atoms with Crippen molar-refractivity contribution >= 4 is 0 Å². The maximum atomic E-state index is 8.72. The maximum Gasteiger partial charge on any atom is 0.119 e. The van der Waals surface area contributed by atoms with Crippen LogP contribution in [0, 0.1) is 11.3 Å². The summed E-state index contributed by atoms with van der Waals surface area (Å²) in [5.41, 5.74) is 0.663. The summed E-state index contributed by atoms with van der Waals surface area (Å²) >= 11 is 0. The van der Waals surface area contributed by atoms with E-state index >= 15 is 0 Å². The molecule has 0 aromatic heterocycles. The van der Waals surface area contributed by atoms with Gasteiger partial charge in [-0.25, -0.2) is 0 Å².